The molecule has 0 aliphatic carbocycles. The topological polar surface area (TPSA) is 55.4 Å². The molecule has 0 aromatic heterocycles. The normalized spacial score (nSPS) is 22.8. The van der Waals surface area contributed by atoms with E-state index in [1.807, 2.05) is 13.8 Å². The quantitative estimate of drug-likeness (QED) is 0.510. The van der Waals surface area contributed by atoms with Crippen molar-refractivity contribution in [3.05, 3.63) is 0 Å². The molecule has 1 aliphatic rings. The average molecular weight is 171 g/mol. The summed E-state index contributed by atoms with van der Waals surface area (Å²) < 4.78 is 4.37. The number of carbonyl (C=O) groups is 2. The average Bonchev–Trinajstić information content (AvgIpc) is 2.34. The maximum absolute atomic E-state index is 11.0. The van der Waals surface area contributed by atoms with Crippen molar-refractivity contribution in [1.82, 2.24) is 5.32 Å². The molecule has 1 atom stereocenters. The van der Waals surface area contributed by atoms with Crippen LogP contribution in [0, 0.1) is 5.92 Å². The second-order valence-electron chi connectivity index (χ2n) is 2.91. The molecule has 1 N–H and O–H groups in total. The molecular weight excluding hydrogens is 158 g/mol. The highest BCUT2D eigenvalue weighted by molar-refractivity contribution is 5.95. The van der Waals surface area contributed by atoms with Crippen LogP contribution in [-0.4, -0.2) is 18.1 Å². The molecule has 0 radical (unpaired) electrons. The van der Waals surface area contributed by atoms with Gasteiger partial charge in [-0.3, -0.25) is 0 Å². The largest absolute Gasteiger partial charge is 0.415 e. The number of nitrogens with one attached hydrogen (secondary N) is 1. The van der Waals surface area contributed by atoms with Gasteiger partial charge in [-0.2, -0.15) is 0 Å². The predicted molar refractivity (Wildman–Crippen MR) is 42.5 cm³/mol. The zero-order valence-corrected chi connectivity index (χ0v) is 7.29. The summed E-state index contributed by atoms with van der Waals surface area (Å²) in [5.41, 5.74) is 0. The van der Waals surface area contributed by atoms with Gasteiger partial charge < -0.3 is 10.1 Å². The molecule has 1 amide bonds. The van der Waals surface area contributed by atoms with Gasteiger partial charge in [-0.15, -0.1) is 0 Å². The molecule has 1 fully saturated rings. The third kappa shape index (κ3) is 1.57. The lowest BCUT2D eigenvalue weighted by atomic mass is 9.95. The molecule has 1 saturated heterocycles. The van der Waals surface area contributed by atoms with Crippen molar-refractivity contribution >= 4 is 12.1 Å². The van der Waals surface area contributed by atoms with E-state index in [4.69, 9.17) is 0 Å². The zero-order valence-electron chi connectivity index (χ0n) is 7.29. The minimum Gasteiger partial charge on any atom is -0.375 e. The number of alkyl carbamates (subject to hydrolysis) is 1. The molecule has 1 unspecified atom stereocenters. The molecule has 1 heterocycles. The van der Waals surface area contributed by atoms with E-state index in [1.165, 1.54) is 0 Å². The lowest BCUT2D eigenvalue weighted by molar-refractivity contribution is -0.136. The van der Waals surface area contributed by atoms with Crippen LogP contribution in [0.25, 0.3) is 0 Å². The van der Waals surface area contributed by atoms with Crippen molar-refractivity contribution in [2.75, 3.05) is 0 Å². The van der Waals surface area contributed by atoms with Crippen molar-refractivity contribution in [1.29, 1.82) is 0 Å². The monoisotopic (exact) mass is 171 g/mol. The molecule has 12 heavy (non-hydrogen) atoms. The maximum atomic E-state index is 11.0. The summed E-state index contributed by atoms with van der Waals surface area (Å²) in [6.07, 6.45) is 1.13. The standard InChI is InChI=1S/C8H13NO3/c1-3-5(4-2)6-7(10)12-8(11)9-6/h5-6H,3-4H2,1-2H3,(H,9,11). The molecule has 0 spiro atoms. The maximum Gasteiger partial charge on any atom is 0.415 e. The Balaban J connectivity index is 2.62. The van der Waals surface area contributed by atoms with E-state index in [1.54, 1.807) is 0 Å². The molecule has 4 heteroatoms. The zero-order chi connectivity index (χ0) is 9.14. The Morgan fingerprint density at radius 1 is 1.42 bits per heavy atom. The van der Waals surface area contributed by atoms with Crippen molar-refractivity contribution in [3.63, 3.8) is 0 Å². The predicted octanol–water partition coefficient (Wildman–Crippen LogP) is 1.06. The van der Waals surface area contributed by atoms with Crippen LogP contribution in [-0.2, 0) is 9.53 Å². The number of ether oxygens (including phenoxy) is 1. The lowest BCUT2D eigenvalue weighted by Crippen LogP contribution is -2.35. The SMILES string of the molecule is CCC(CC)C1NC(=O)OC1=O. The Morgan fingerprint density at radius 2 is 2.00 bits per heavy atom. The summed E-state index contributed by atoms with van der Waals surface area (Å²) >= 11 is 0. The van der Waals surface area contributed by atoms with Crippen LogP contribution in [0.3, 0.4) is 0 Å². The van der Waals surface area contributed by atoms with Crippen molar-refractivity contribution in [2.24, 2.45) is 5.92 Å². The summed E-state index contributed by atoms with van der Waals surface area (Å²) in [7, 11) is 0. The molecule has 0 bridgehead atoms. The Morgan fingerprint density at radius 3 is 2.33 bits per heavy atom. The van der Waals surface area contributed by atoms with E-state index < -0.39 is 18.1 Å². The van der Waals surface area contributed by atoms with Gasteiger partial charge in [0.1, 0.15) is 6.04 Å². The molecule has 0 aromatic carbocycles. The fraction of sp³-hybridized carbons (Fsp3) is 0.750. The van der Waals surface area contributed by atoms with Gasteiger partial charge in [-0.1, -0.05) is 26.7 Å². The van der Waals surface area contributed by atoms with Crippen LogP contribution >= 0.6 is 0 Å². The van der Waals surface area contributed by atoms with Crippen molar-refractivity contribution in [2.45, 2.75) is 32.7 Å². The molecule has 1 aliphatic heterocycles. The first-order chi connectivity index (χ1) is 5.69. The van der Waals surface area contributed by atoms with Crippen LogP contribution in [0.4, 0.5) is 4.79 Å². The first-order valence-electron chi connectivity index (χ1n) is 4.21. The van der Waals surface area contributed by atoms with Gasteiger partial charge in [0.15, 0.2) is 0 Å². The van der Waals surface area contributed by atoms with Gasteiger partial charge in [-0.25, -0.2) is 9.59 Å². The second kappa shape index (κ2) is 3.56. The summed E-state index contributed by atoms with van der Waals surface area (Å²) in [6, 6.07) is -0.424. The van der Waals surface area contributed by atoms with E-state index in [9.17, 15) is 9.59 Å². The van der Waals surface area contributed by atoms with Crippen LogP contribution in [0.2, 0.25) is 0 Å². The summed E-state index contributed by atoms with van der Waals surface area (Å²) in [5, 5.41) is 2.49. The van der Waals surface area contributed by atoms with E-state index in [2.05, 4.69) is 10.1 Å². The van der Waals surface area contributed by atoms with Crippen LogP contribution in [0.1, 0.15) is 26.7 Å². The van der Waals surface area contributed by atoms with Gasteiger partial charge in [0.25, 0.3) is 0 Å². The summed E-state index contributed by atoms with van der Waals surface area (Å²) in [6.45, 7) is 3.98. The minimum absolute atomic E-state index is 0.198. The van der Waals surface area contributed by atoms with Crippen molar-refractivity contribution in [3.8, 4) is 0 Å². The van der Waals surface area contributed by atoms with Gasteiger partial charge in [0.05, 0.1) is 0 Å². The number of hydrogen-bond acceptors (Lipinski definition) is 3. The molecular formula is C8H13NO3. The van der Waals surface area contributed by atoms with E-state index in [0.29, 0.717) is 0 Å². The van der Waals surface area contributed by atoms with Gasteiger partial charge in [-0.05, 0) is 5.92 Å². The Bertz CT molecular complexity index is 198. The highest BCUT2D eigenvalue weighted by atomic mass is 16.6. The van der Waals surface area contributed by atoms with E-state index in [-0.39, 0.29) is 5.92 Å². The molecule has 4 nitrogen and oxygen atoms in total. The number of hydrogen-bond donors (Lipinski definition) is 1. The van der Waals surface area contributed by atoms with Crippen LogP contribution in [0.5, 0.6) is 0 Å². The fourth-order valence-electron chi connectivity index (χ4n) is 1.44. The van der Waals surface area contributed by atoms with E-state index in [0.717, 1.165) is 12.8 Å². The van der Waals surface area contributed by atoms with Crippen LogP contribution in [0.15, 0.2) is 0 Å². The smallest absolute Gasteiger partial charge is 0.375 e. The summed E-state index contributed by atoms with van der Waals surface area (Å²) in [4.78, 5) is 21.7. The molecule has 68 valence electrons. The van der Waals surface area contributed by atoms with E-state index >= 15 is 0 Å². The third-order valence-electron chi connectivity index (χ3n) is 2.24. The number of carbonyl (C=O) groups excluding carboxylic acids is 2. The number of amides is 1. The molecule has 0 saturated carbocycles. The van der Waals surface area contributed by atoms with Gasteiger partial charge in [0, 0.05) is 0 Å². The third-order valence-corrected chi connectivity index (χ3v) is 2.24. The molecule has 0 aromatic rings. The lowest BCUT2D eigenvalue weighted by Gasteiger charge is -2.15. The minimum atomic E-state index is -0.614. The highest BCUT2D eigenvalue weighted by Crippen LogP contribution is 2.17. The highest BCUT2D eigenvalue weighted by Gasteiger charge is 2.36. The first-order valence-corrected chi connectivity index (χ1v) is 4.21. The van der Waals surface area contributed by atoms with Gasteiger partial charge >= 0.3 is 12.1 Å². The summed E-state index contributed by atoms with van der Waals surface area (Å²) in [5.74, 6) is -0.238. The fourth-order valence-corrected chi connectivity index (χ4v) is 1.44. The number of cyclic esters (lactones) is 2. The van der Waals surface area contributed by atoms with Crippen molar-refractivity contribution < 1.29 is 14.3 Å². The second-order valence-corrected chi connectivity index (χ2v) is 2.91. The first kappa shape index (κ1) is 9.03. The Kier molecular flexibility index (Phi) is 2.68. The number of rotatable bonds is 3. The Labute approximate surface area is 71.3 Å². The Hall–Kier alpha value is -1.06. The van der Waals surface area contributed by atoms with Crippen LogP contribution < -0.4 is 5.32 Å². The number of esters is 1. The molecule has 1 rings (SSSR count). The van der Waals surface area contributed by atoms with Gasteiger partial charge in [0.2, 0.25) is 0 Å².